The van der Waals surface area contributed by atoms with Gasteiger partial charge in [0.05, 0.1) is 23.6 Å². The van der Waals surface area contributed by atoms with Crippen molar-refractivity contribution >= 4 is 27.6 Å². The van der Waals surface area contributed by atoms with Crippen molar-refractivity contribution in [2.45, 2.75) is 39.2 Å². The fourth-order valence-corrected chi connectivity index (χ4v) is 3.81. The van der Waals surface area contributed by atoms with E-state index in [0.717, 1.165) is 0 Å². The van der Waals surface area contributed by atoms with E-state index < -0.39 is 27.4 Å². The quantitative estimate of drug-likeness (QED) is 0.758. The molecule has 1 amide bonds. The fourth-order valence-electron chi connectivity index (χ4n) is 2.63. The van der Waals surface area contributed by atoms with Gasteiger partial charge in [0, 0.05) is 19.3 Å². The van der Waals surface area contributed by atoms with Crippen LogP contribution in [0.3, 0.4) is 0 Å². The molecule has 2 heterocycles. The molecular weight excluding hydrogens is 348 g/mol. The minimum absolute atomic E-state index is 0.0123. The van der Waals surface area contributed by atoms with Crippen molar-refractivity contribution in [3.8, 4) is 0 Å². The summed E-state index contributed by atoms with van der Waals surface area (Å²) in [4.78, 5) is 23.7. The maximum atomic E-state index is 12.4. The summed E-state index contributed by atoms with van der Waals surface area (Å²) in [5.74, 6) is -1.76. The number of sulfonamides is 1. The van der Waals surface area contributed by atoms with E-state index >= 15 is 0 Å². The molecule has 0 spiro atoms. The highest BCUT2D eigenvalue weighted by Gasteiger charge is 2.33. The van der Waals surface area contributed by atoms with Gasteiger partial charge in [-0.1, -0.05) is 0 Å². The standard InChI is InChI=1S/C15H24N4O5S/c1-4-25(23,24)18-7-5-6-11(9-18)13(20)17-12-8-16-19(10-12)15(2,3)14(21)22/h8,10-11H,4-7,9H2,1-3H3,(H,17,20)(H,21,22). The summed E-state index contributed by atoms with van der Waals surface area (Å²) in [5.41, 5.74) is -0.852. The van der Waals surface area contributed by atoms with Gasteiger partial charge in [0.1, 0.15) is 0 Å². The Morgan fingerprint density at radius 2 is 2.12 bits per heavy atom. The van der Waals surface area contributed by atoms with Gasteiger partial charge < -0.3 is 10.4 Å². The summed E-state index contributed by atoms with van der Waals surface area (Å²) < 4.78 is 26.6. The van der Waals surface area contributed by atoms with Gasteiger partial charge in [-0.2, -0.15) is 5.10 Å². The number of carbonyl (C=O) groups excluding carboxylic acids is 1. The van der Waals surface area contributed by atoms with Gasteiger partial charge in [-0.05, 0) is 33.6 Å². The summed E-state index contributed by atoms with van der Waals surface area (Å²) in [6.07, 6.45) is 4.07. The molecule has 1 fully saturated rings. The number of nitrogens with zero attached hydrogens (tertiary/aromatic N) is 3. The number of hydrogen-bond acceptors (Lipinski definition) is 5. The van der Waals surface area contributed by atoms with E-state index in [-0.39, 0.29) is 18.2 Å². The average Bonchev–Trinajstić information content (AvgIpc) is 3.04. The van der Waals surface area contributed by atoms with Crippen LogP contribution in [0.25, 0.3) is 0 Å². The Labute approximate surface area is 147 Å². The lowest BCUT2D eigenvalue weighted by Crippen LogP contribution is -2.44. The van der Waals surface area contributed by atoms with E-state index in [4.69, 9.17) is 0 Å². The maximum Gasteiger partial charge on any atom is 0.331 e. The second kappa shape index (κ2) is 7.12. The molecule has 1 unspecified atom stereocenters. The number of rotatable bonds is 6. The van der Waals surface area contributed by atoms with E-state index in [9.17, 15) is 23.1 Å². The van der Waals surface area contributed by atoms with Crippen molar-refractivity contribution in [2.24, 2.45) is 5.92 Å². The van der Waals surface area contributed by atoms with E-state index in [2.05, 4.69) is 10.4 Å². The predicted octanol–water partition coefficient (Wildman–Crippen LogP) is 0.703. The molecule has 0 bridgehead atoms. The molecule has 1 aliphatic rings. The molecule has 2 N–H and O–H groups in total. The SMILES string of the molecule is CCS(=O)(=O)N1CCCC(C(=O)Nc2cnn(C(C)(C)C(=O)O)c2)C1. The first-order chi connectivity index (χ1) is 11.6. The zero-order valence-corrected chi connectivity index (χ0v) is 15.4. The Bertz CT molecular complexity index is 756. The number of carboxylic acids is 1. The molecule has 0 aromatic carbocycles. The lowest BCUT2D eigenvalue weighted by atomic mass is 9.99. The van der Waals surface area contributed by atoms with Crippen molar-refractivity contribution in [1.29, 1.82) is 0 Å². The number of aromatic nitrogens is 2. The van der Waals surface area contributed by atoms with Gasteiger partial charge in [-0.3, -0.25) is 9.48 Å². The molecule has 10 heteroatoms. The fraction of sp³-hybridized carbons (Fsp3) is 0.667. The van der Waals surface area contributed by atoms with E-state index in [0.29, 0.717) is 25.1 Å². The number of piperidine rings is 1. The highest BCUT2D eigenvalue weighted by molar-refractivity contribution is 7.89. The molecule has 0 radical (unpaired) electrons. The van der Waals surface area contributed by atoms with Crippen LogP contribution in [-0.4, -0.2) is 58.3 Å². The summed E-state index contributed by atoms with van der Waals surface area (Å²) >= 11 is 0. The van der Waals surface area contributed by atoms with Crippen LogP contribution in [0, 0.1) is 5.92 Å². The summed E-state index contributed by atoms with van der Waals surface area (Å²) in [7, 11) is -3.31. The molecule has 0 aliphatic carbocycles. The van der Waals surface area contributed by atoms with Gasteiger partial charge >= 0.3 is 5.97 Å². The Kier molecular flexibility index (Phi) is 5.52. The van der Waals surface area contributed by atoms with Gasteiger partial charge in [0.2, 0.25) is 15.9 Å². The molecule has 1 saturated heterocycles. The highest BCUT2D eigenvalue weighted by Crippen LogP contribution is 2.22. The molecule has 1 atom stereocenters. The minimum atomic E-state index is -3.31. The molecule has 1 aromatic rings. The van der Waals surface area contributed by atoms with Crippen LogP contribution in [-0.2, 0) is 25.2 Å². The van der Waals surface area contributed by atoms with Crippen LogP contribution < -0.4 is 5.32 Å². The number of anilines is 1. The van der Waals surface area contributed by atoms with Crippen molar-refractivity contribution in [3.63, 3.8) is 0 Å². The van der Waals surface area contributed by atoms with Gasteiger partial charge in [-0.15, -0.1) is 0 Å². The first-order valence-corrected chi connectivity index (χ1v) is 9.76. The third-order valence-electron chi connectivity index (χ3n) is 4.46. The van der Waals surface area contributed by atoms with Gasteiger partial charge in [-0.25, -0.2) is 17.5 Å². The second-order valence-electron chi connectivity index (χ2n) is 6.62. The third kappa shape index (κ3) is 4.18. The van der Waals surface area contributed by atoms with Crippen LogP contribution in [0.4, 0.5) is 5.69 Å². The molecule has 2 rings (SSSR count). The first-order valence-electron chi connectivity index (χ1n) is 8.15. The minimum Gasteiger partial charge on any atom is -0.479 e. The average molecular weight is 372 g/mol. The van der Waals surface area contributed by atoms with Crippen LogP contribution in [0.5, 0.6) is 0 Å². The lowest BCUT2D eigenvalue weighted by Gasteiger charge is -2.30. The van der Waals surface area contributed by atoms with Gasteiger partial charge in [0.15, 0.2) is 5.54 Å². The molecule has 25 heavy (non-hydrogen) atoms. The van der Waals surface area contributed by atoms with E-state index in [1.54, 1.807) is 6.92 Å². The molecular formula is C15H24N4O5S. The normalized spacial score (nSPS) is 19.6. The number of carboxylic acid groups (broad SMARTS) is 1. The monoisotopic (exact) mass is 372 g/mol. The number of hydrogen-bond donors (Lipinski definition) is 2. The maximum absolute atomic E-state index is 12.4. The zero-order valence-electron chi connectivity index (χ0n) is 14.6. The Hall–Kier alpha value is -1.94. The topological polar surface area (TPSA) is 122 Å². The molecule has 140 valence electrons. The highest BCUT2D eigenvalue weighted by atomic mass is 32.2. The second-order valence-corrected chi connectivity index (χ2v) is 8.88. The molecule has 0 saturated carbocycles. The third-order valence-corrected chi connectivity index (χ3v) is 6.31. The van der Waals surface area contributed by atoms with E-state index in [1.165, 1.54) is 35.2 Å². The summed E-state index contributed by atoms with van der Waals surface area (Å²) in [6, 6.07) is 0. The largest absolute Gasteiger partial charge is 0.479 e. The van der Waals surface area contributed by atoms with Crippen molar-refractivity contribution in [2.75, 3.05) is 24.2 Å². The van der Waals surface area contributed by atoms with Crippen LogP contribution in [0.2, 0.25) is 0 Å². The number of nitrogens with one attached hydrogen (secondary N) is 1. The van der Waals surface area contributed by atoms with E-state index in [1.807, 2.05) is 0 Å². The zero-order chi connectivity index (χ0) is 18.8. The van der Waals surface area contributed by atoms with Crippen LogP contribution in [0.1, 0.15) is 33.6 Å². The lowest BCUT2D eigenvalue weighted by molar-refractivity contribution is -0.146. The Balaban J connectivity index is 2.05. The number of amides is 1. The van der Waals surface area contributed by atoms with Gasteiger partial charge in [0.25, 0.3) is 0 Å². The van der Waals surface area contributed by atoms with Crippen molar-refractivity contribution in [1.82, 2.24) is 14.1 Å². The Morgan fingerprint density at radius 3 is 2.72 bits per heavy atom. The predicted molar refractivity (Wildman–Crippen MR) is 91.6 cm³/mol. The number of carbonyl (C=O) groups is 2. The van der Waals surface area contributed by atoms with Crippen LogP contribution in [0.15, 0.2) is 12.4 Å². The molecule has 1 aliphatic heterocycles. The molecule has 9 nitrogen and oxygen atoms in total. The molecule has 1 aromatic heterocycles. The first kappa shape index (κ1) is 19.4. The van der Waals surface area contributed by atoms with Crippen LogP contribution >= 0.6 is 0 Å². The van der Waals surface area contributed by atoms with Crippen molar-refractivity contribution < 1.29 is 23.1 Å². The Morgan fingerprint density at radius 1 is 1.44 bits per heavy atom. The van der Waals surface area contributed by atoms with Crippen molar-refractivity contribution in [3.05, 3.63) is 12.4 Å². The smallest absolute Gasteiger partial charge is 0.331 e. The summed E-state index contributed by atoms with van der Waals surface area (Å²) in [5, 5.41) is 15.9. The summed E-state index contributed by atoms with van der Waals surface area (Å²) in [6.45, 7) is 5.18. The number of aliphatic carboxylic acids is 1.